The number of likely N-dealkylation sites (tertiary alicyclic amines) is 1. The van der Waals surface area contributed by atoms with Crippen LogP contribution in [-0.4, -0.2) is 29.6 Å². The molecular formula is C27H32ClFN2O. The minimum Gasteiger partial charge on any atom is -0.497 e. The summed E-state index contributed by atoms with van der Waals surface area (Å²) in [6.45, 7) is 3.29. The van der Waals surface area contributed by atoms with Crippen LogP contribution < -0.4 is 4.74 Å². The van der Waals surface area contributed by atoms with Crippen LogP contribution >= 0.6 is 11.6 Å². The Balaban J connectivity index is 1.49. The van der Waals surface area contributed by atoms with E-state index in [2.05, 4.69) is 22.9 Å². The predicted molar refractivity (Wildman–Crippen MR) is 130 cm³/mol. The SMILES string of the molecule is CCC(c1cccc(F)c1)N1CCCCC1CCCc1c(Cl)cnc2ccc(OC)cc12. The third-order valence-electron chi connectivity index (χ3n) is 6.79. The molecule has 32 heavy (non-hydrogen) atoms. The molecule has 4 rings (SSSR count). The van der Waals surface area contributed by atoms with Gasteiger partial charge in [0, 0.05) is 23.7 Å². The Morgan fingerprint density at radius 1 is 1.22 bits per heavy atom. The highest BCUT2D eigenvalue weighted by atomic mass is 35.5. The molecule has 0 radical (unpaired) electrons. The van der Waals surface area contributed by atoms with E-state index in [0.29, 0.717) is 6.04 Å². The lowest BCUT2D eigenvalue weighted by molar-refractivity contribution is 0.0843. The second-order valence-corrected chi connectivity index (χ2v) is 9.13. The number of ether oxygens (including phenoxy) is 1. The zero-order valence-corrected chi connectivity index (χ0v) is 19.7. The van der Waals surface area contributed by atoms with Crippen molar-refractivity contribution in [2.75, 3.05) is 13.7 Å². The van der Waals surface area contributed by atoms with Gasteiger partial charge in [-0.05, 0) is 86.5 Å². The molecule has 1 aliphatic rings. The Kier molecular flexibility index (Phi) is 7.64. The van der Waals surface area contributed by atoms with Crippen LogP contribution in [0, 0.1) is 5.82 Å². The minimum atomic E-state index is -0.149. The average Bonchev–Trinajstić information content (AvgIpc) is 2.81. The van der Waals surface area contributed by atoms with Gasteiger partial charge in [-0.1, -0.05) is 37.1 Å². The molecule has 3 aromatic rings. The number of hydrogen-bond donors (Lipinski definition) is 0. The van der Waals surface area contributed by atoms with Crippen molar-refractivity contribution in [3.05, 3.63) is 70.6 Å². The van der Waals surface area contributed by atoms with Gasteiger partial charge in [-0.3, -0.25) is 9.88 Å². The van der Waals surface area contributed by atoms with Crippen molar-refractivity contribution in [1.29, 1.82) is 0 Å². The van der Waals surface area contributed by atoms with Gasteiger partial charge in [-0.2, -0.15) is 0 Å². The van der Waals surface area contributed by atoms with Gasteiger partial charge in [0.05, 0.1) is 17.6 Å². The summed E-state index contributed by atoms with van der Waals surface area (Å²) in [6.07, 6.45) is 9.49. The standard InChI is InChI=1S/C27H32ClFN2O/c1-3-27(19-8-6-9-20(29)16-19)31-15-5-4-10-21(31)11-7-12-23-24-17-22(32-2)13-14-26(24)30-18-25(23)28/h6,8-9,13-14,16-18,21,27H,3-5,7,10-12,15H2,1-2H3. The fraction of sp³-hybridized carbons (Fsp3) is 0.444. The van der Waals surface area contributed by atoms with E-state index in [1.165, 1.54) is 25.3 Å². The lowest BCUT2D eigenvalue weighted by atomic mass is 9.91. The summed E-state index contributed by atoms with van der Waals surface area (Å²) in [6, 6.07) is 13.9. The van der Waals surface area contributed by atoms with Crippen molar-refractivity contribution in [3.8, 4) is 5.75 Å². The highest BCUT2D eigenvalue weighted by Gasteiger charge is 2.28. The highest BCUT2D eigenvalue weighted by Crippen LogP contribution is 2.34. The summed E-state index contributed by atoms with van der Waals surface area (Å²) < 4.78 is 19.3. The molecule has 3 nitrogen and oxygen atoms in total. The zero-order valence-electron chi connectivity index (χ0n) is 19.0. The van der Waals surface area contributed by atoms with Crippen molar-refractivity contribution >= 4 is 22.5 Å². The van der Waals surface area contributed by atoms with E-state index in [4.69, 9.17) is 16.3 Å². The second kappa shape index (κ2) is 10.6. The van der Waals surface area contributed by atoms with Gasteiger partial charge in [-0.15, -0.1) is 0 Å². The van der Waals surface area contributed by atoms with E-state index in [9.17, 15) is 4.39 Å². The third kappa shape index (κ3) is 5.07. The van der Waals surface area contributed by atoms with E-state index in [-0.39, 0.29) is 11.9 Å². The van der Waals surface area contributed by atoms with Crippen molar-refractivity contribution in [3.63, 3.8) is 0 Å². The maximum absolute atomic E-state index is 13.9. The molecule has 0 saturated carbocycles. The first-order chi connectivity index (χ1) is 15.6. The van der Waals surface area contributed by atoms with Crippen LogP contribution in [0.2, 0.25) is 5.02 Å². The molecule has 1 fully saturated rings. The summed E-state index contributed by atoms with van der Waals surface area (Å²) in [7, 11) is 1.68. The molecule has 0 aliphatic carbocycles. The van der Waals surface area contributed by atoms with E-state index in [0.717, 1.165) is 65.0 Å². The molecule has 2 atom stereocenters. The monoisotopic (exact) mass is 454 g/mol. The lowest BCUT2D eigenvalue weighted by Crippen LogP contribution is -2.42. The molecule has 1 saturated heterocycles. The maximum atomic E-state index is 13.9. The Bertz CT molecular complexity index is 1060. The topological polar surface area (TPSA) is 25.4 Å². The molecule has 0 bridgehead atoms. The number of methoxy groups -OCH3 is 1. The molecule has 2 unspecified atom stereocenters. The Morgan fingerprint density at radius 3 is 2.88 bits per heavy atom. The fourth-order valence-electron chi connectivity index (χ4n) is 5.22. The van der Waals surface area contributed by atoms with E-state index in [1.807, 2.05) is 24.3 Å². The Hall–Kier alpha value is -2.17. The van der Waals surface area contributed by atoms with Crippen LogP contribution in [0.25, 0.3) is 10.9 Å². The van der Waals surface area contributed by atoms with Gasteiger partial charge in [0.15, 0.2) is 0 Å². The molecule has 5 heteroatoms. The average molecular weight is 455 g/mol. The van der Waals surface area contributed by atoms with Crippen molar-refractivity contribution < 1.29 is 9.13 Å². The van der Waals surface area contributed by atoms with E-state index >= 15 is 0 Å². The number of nitrogens with zero attached hydrogens (tertiary/aromatic N) is 2. The zero-order chi connectivity index (χ0) is 22.5. The molecule has 0 amide bonds. The Labute approximate surface area is 195 Å². The first kappa shape index (κ1) is 23.0. The number of halogens is 2. The summed E-state index contributed by atoms with van der Waals surface area (Å²) in [5.41, 5.74) is 3.19. The molecule has 170 valence electrons. The first-order valence-corrected chi connectivity index (χ1v) is 12.1. The van der Waals surface area contributed by atoms with Crippen LogP contribution in [0.4, 0.5) is 4.39 Å². The number of aryl methyl sites for hydroxylation is 1. The van der Waals surface area contributed by atoms with Gasteiger partial charge in [0.1, 0.15) is 11.6 Å². The van der Waals surface area contributed by atoms with Gasteiger partial charge < -0.3 is 4.74 Å². The normalized spacial score (nSPS) is 18.1. The molecule has 2 aromatic carbocycles. The number of aromatic nitrogens is 1. The highest BCUT2D eigenvalue weighted by molar-refractivity contribution is 6.32. The smallest absolute Gasteiger partial charge is 0.123 e. The fourth-order valence-corrected chi connectivity index (χ4v) is 5.46. The van der Waals surface area contributed by atoms with Crippen LogP contribution in [0.15, 0.2) is 48.7 Å². The van der Waals surface area contributed by atoms with Crippen molar-refractivity contribution in [2.45, 2.75) is 64.0 Å². The minimum absolute atomic E-state index is 0.149. The van der Waals surface area contributed by atoms with Gasteiger partial charge in [-0.25, -0.2) is 4.39 Å². The lowest BCUT2D eigenvalue weighted by Gasteiger charge is -2.41. The van der Waals surface area contributed by atoms with Crippen LogP contribution in [0.5, 0.6) is 5.75 Å². The number of pyridine rings is 1. The predicted octanol–water partition coefficient (Wildman–Crippen LogP) is 7.36. The molecule has 1 aromatic heterocycles. The summed E-state index contributed by atoms with van der Waals surface area (Å²) in [5, 5.41) is 1.79. The number of hydrogen-bond acceptors (Lipinski definition) is 3. The van der Waals surface area contributed by atoms with Crippen molar-refractivity contribution in [1.82, 2.24) is 9.88 Å². The Morgan fingerprint density at radius 2 is 2.09 bits per heavy atom. The number of piperidine rings is 1. The molecule has 2 heterocycles. The molecule has 0 N–H and O–H groups in total. The largest absolute Gasteiger partial charge is 0.497 e. The van der Waals surface area contributed by atoms with Gasteiger partial charge >= 0.3 is 0 Å². The summed E-state index contributed by atoms with van der Waals surface area (Å²) >= 11 is 6.57. The number of benzene rings is 2. The molecule has 0 spiro atoms. The molecular weight excluding hydrogens is 423 g/mol. The number of fused-ring (bicyclic) bond motifs is 1. The second-order valence-electron chi connectivity index (χ2n) is 8.73. The van der Waals surface area contributed by atoms with Crippen molar-refractivity contribution in [2.24, 2.45) is 0 Å². The van der Waals surface area contributed by atoms with Gasteiger partial charge in [0.25, 0.3) is 0 Å². The maximum Gasteiger partial charge on any atom is 0.123 e. The van der Waals surface area contributed by atoms with Crippen LogP contribution in [0.3, 0.4) is 0 Å². The van der Waals surface area contributed by atoms with Crippen LogP contribution in [-0.2, 0) is 6.42 Å². The third-order valence-corrected chi connectivity index (χ3v) is 7.12. The summed E-state index contributed by atoms with van der Waals surface area (Å²) in [5.74, 6) is 0.672. The van der Waals surface area contributed by atoms with Gasteiger partial charge in [0.2, 0.25) is 0 Å². The molecule has 1 aliphatic heterocycles. The van der Waals surface area contributed by atoms with E-state index in [1.54, 1.807) is 19.4 Å². The summed E-state index contributed by atoms with van der Waals surface area (Å²) in [4.78, 5) is 7.09. The number of rotatable bonds is 8. The van der Waals surface area contributed by atoms with E-state index < -0.39 is 0 Å². The first-order valence-electron chi connectivity index (χ1n) is 11.7. The van der Waals surface area contributed by atoms with Crippen LogP contribution in [0.1, 0.15) is 62.6 Å². The quantitative estimate of drug-likeness (QED) is 0.355.